The van der Waals surface area contributed by atoms with Gasteiger partial charge in [-0.3, -0.25) is 4.68 Å². The molecule has 114 valence electrons. The zero-order valence-electron chi connectivity index (χ0n) is 13.2. The van der Waals surface area contributed by atoms with Crippen molar-refractivity contribution in [3.05, 3.63) is 47.8 Å². The minimum absolute atomic E-state index is 0.289. The molecular formula is C17H25N3O. The van der Waals surface area contributed by atoms with Gasteiger partial charge in [0.05, 0.1) is 13.3 Å². The topological polar surface area (TPSA) is 39.1 Å². The molecule has 0 aliphatic rings. The van der Waals surface area contributed by atoms with Crippen LogP contribution in [0.3, 0.4) is 0 Å². The maximum Gasteiger partial charge on any atom is 0.119 e. The fraction of sp³-hybridized carbons (Fsp3) is 0.471. The van der Waals surface area contributed by atoms with Gasteiger partial charge in [0.1, 0.15) is 5.75 Å². The molecule has 4 heteroatoms. The summed E-state index contributed by atoms with van der Waals surface area (Å²) < 4.78 is 7.28. The van der Waals surface area contributed by atoms with Crippen molar-refractivity contribution in [1.82, 2.24) is 15.1 Å². The largest absolute Gasteiger partial charge is 0.497 e. The van der Waals surface area contributed by atoms with Gasteiger partial charge in [-0.1, -0.05) is 19.1 Å². The summed E-state index contributed by atoms with van der Waals surface area (Å²) in [5.41, 5.74) is 2.51. The first-order valence-corrected chi connectivity index (χ1v) is 7.65. The summed E-state index contributed by atoms with van der Waals surface area (Å²) >= 11 is 0. The van der Waals surface area contributed by atoms with Gasteiger partial charge in [-0.05, 0) is 44.0 Å². The van der Waals surface area contributed by atoms with Crippen LogP contribution < -0.4 is 10.1 Å². The first kappa shape index (κ1) is 15.6. The van der Waals surface area contributed by atoms with Gasteiger partial charge in [-0.15, -0.1) is 0 Å². The fourth-order valence-electron chi connectivity index (χ4n) is 2.39. The lowest BCUT2D eigenvalue weighted by atomic mass is 10.0. The van der Waals surface area contributed by atoms with Gasteiger partial charge in [0, 0.05) is 24.3 Å². The molecule has 1 unspecified atom stereocenters. The van der Waals surface area contributed by atoms with E-state index in [4.69, 9.17) is 4.74 Å². The quantitative estimate of drug-likeness (QED) is 0.810. The van der Waals surface area contributed by atoms with E-state index in [1.54, 1.807) is 7.11 Å². The minimum Gasteiger partial charge on any atom is -0.497 e. The molecule has 0 radical (unpaired) electrons. The highest BCUT2D eigenvalue weighted by Crippen LogP contribution is 2.21. The van der Waals surface area contributed by atoms with E-state index in [0.29, 0.717) is 0 Å². The van der Waals surface area contributed by atoms with Gasteiger partial charge in [-0.25, -0.2) is 0 Å². The van der Waals surface area contributed by atoms with Crippen LogP contribution in [0.15, 0.2) is 36.7 Å². The summed E-state index contributed by atoms with van der Waals surface area (Å²) in [4.78, 5) is 0. The van der Waals surface area contributed by atoms with E-state index in [2.05, 4.69) is 42.6 Å². The molecule has 0 aliphatic heterocycles. The number of hydrogen-bond donors (Lipinski definition) is 1. The average molecular weight is 287 g/mol. The lowest BCUT2D eigenvalue weighted by molar-refractivity contribution is 0.413. The van der Waals surface area contributed by atoms with E-state index in [-0.39, 0.29) is 6.04 Å². The monoisotopic (exact) mass is 287 g/mol. The summed E-state index contributed by atoms with van der Waals surface area (Å²) in [6.07, 6.45) is 6.16. The van der Waals surface area contributed by atoms with Crippen LogP contribution in [0.1, 0.15) is 37.4 Å². The number of benzene rings is 1. The normalized spacial score (nSPS) is 12.3. The molecule has 1 heterocycles. The van der Waals surface area contributed by atoms with Crippen molar-refractivity contribution in [2.45, 2.75) is 39.3 Å². The summed E-state index contributed by atoms with van der Waals surface area (Å²) in [6.45, 7) is 6.20. The van der Waals surface area contributed by atoms with Gasteiger partial charge < -0.3 is 10.1 Å². The van der Waals surface area contributed by atoms with Crippen molar-refractivity contribution < 1.29 is 4.74 Å². The smallest absolute Gasteiger partial charge is 0.119 e. The van der Waals surface area contributed by atoms with Gasteiger partial charge in [0.25, 0.3) is 0 Å². The van der Waals surface area contributed by atoms with E-state index in [0.717, 1.165) is 31.7 Å². The van der Waals surface area contributed by atoms with Crippen molar-refractivity contribution in [3.8, 4) is 5.75 Å². The molecule has 0 saturated carbocycles. The first-order valence-electron chi connectivity index (χ1n) is 7.65. The highest BCUT2D eigenvalue weighted by molar-refractivity contribution is 5.30. The van der Waals surface area contributed by atoms with E-state index in [9.17, 15) is 0 Å². The Hall–Kier alpha value is -1.81. The van der Waals surface area contributed by atoms with Crippen LogP contribution >= 0.6 is 0 Å². The summed E-state index contributed by atoms with van der Waals surface area (Å²) in [7, 11) is 1.71. The summed E-state index contributed by atoms with van der Waals surface area (Å²) in [5.74, 6) is 0.908. The predicted octanol–water partition coefficient (Wildman–Crippen LogP) is 3.20. The Morgan fingerprint density at radius 1 is 1.33 bits per heavy atom. The van der Waals surface area contributed by atoms with Gasteiger partial charge in [0.2, 0.25) is 0 Å². The van der Waals surface area contributed by atoms with Gasteiger partial charge in [0.15, 0.2) is 0 Å². The van der Waals surface area contributed by atoms with E-state index in [1.807, 2.05) is 23.0 Å². The maximum atomic E-state index is 5.31. The first-order chi connectivity index (χ1) is 10.3. The van der Waals surface area contributed by atoms with Crippen LogP contribution in [-0.2, 0) is 13.0 Å². The minimum atomic E-state index is 0.289. The predicted molar refractivity (Wildman–Crippen MR) is 85.6 cm³/mol. The lowest BCUT2D eigenvalue weighted by Gasteiger charge is -2.17. The Morgan fingerprint density at radius 2 is 2.19 bits per heavy atom. The highest BCUT2D eigenvalue weighted by Gasteiger charge is 2.14. The Kier molecular flexibility index (Phi) is 5.81. The molecule has 21 heavy (non-hydrogen) atoms. The Bertz CT molecular complexity index is 550. The number of aromatic nitrogens is 2. The molecule has 0 fully saturated rings. The molecule has 4 nitrogen and oxygen atoms in total. The van der Waals surface area contributed by atoms with Crippen LogP contribution in [0.25, 0.3) is 0 Å². The van der Waals surface area contributed by atoms with Crippen LogP contribution in [0, 0.1) is 0 Å². The number of methoxy groups -OCH3 is 1. The van der Waals surface area contributed by atoms with Crippen LogP contribution in [0.2, 0.25) is 0 Å². The molecule has 1 aromatic carbocycles. The Labute approximate surface area is 127 Å². The van der Waals surface area contributed by atoms with Crippen molar-refractivity contribution in [1.29, 1.82) is 0 Å². The number of hydrogen-bond acceptors (Lipinski definition) is 3. The molecular weight excluding hydrogens is 262 g/mol. The zero-order chi connectivity index (χ0) is 15.1. The van der Waals surface area contributed by atoms with E-state index < -0.39 is 0 Å². The summed E-state index contributed by atoms with van der Waals surface area (Å²) in [5, 5.41) is 8.01. The molecule has 1 N–H and O–H groups in total. The second-order valence-electron chi connectivity index (χ2n) is 5.19. The number of aryl methyl sites for hydroxylation is 1. The maximum absolute atomic E-state index is 5.31. The highest BCUT2D eigenvalue weighted by atomic mass is 16.5. The molecule has 0 aliphatic carbocycles. The SMILES string of the molecule is CCCNC(Cc1cccc(OC)c1)c1cnn(CC)c1. The van der Waals surface area contributed by atoms with Gasteiger partial charge in [-0.2, -0.15) is 5.10 Å². The second kappa shape index (κ2) is 7.84. The third-order valence-corrected chi connectivity index (χ3v) is 3.59. The van der Waals surface area contributed by atoms with Crippen molar-refractivity contribution in [2.24, 2.45) is 0 Å². The third kappa shape index (κ3) is 4.33. The standard InChI is InChI=1S/C17H25N3O/c1-4-9-18-17(15-12-19-20(5-2)13-15)11-14-7-6-8-16(10-14)21-3/h6-8,10,12-13,17-18H,4-5,9,11H2,1-3H3. The number of ether oxygens (including phenoxy) is 1. The van der Waals surface area contributed by atoms with E-state index in [1.165, 1.54) is 11.1 Å². The molecule has 2 aromatic rings. The van der Waals surface area contributed by atoms with E-state index >= 15 is 0 Å². The number of rotatable bonds is 8. The molecule has 0 saturated heterocycles. The molecule has 2 rings (SSSR count). The molecule has 0 bridgehead atoms. The van der Waals surface area contributed by atoms with Crippen molar-refractivity contribution in [3.63, 3.8) is 0 Å². The second-order valence-corrected chi connectivity index (χ2v) is 5.19. The molecule has 1 aromatic heterocycles. The zero-order valence-corrected chi connectivity index (χ0v) is 13.2. The van der Waals surface area contributed by atoms with Crippen LogP contribution in [0.5, 0.6) is 5.75 Å². The number of nitrogens with one attached hydrogen (secondary N) is 1. The van der Waals surface area contributed by atoms with Crippen LogP contribution in [0.4, 0.5) is 0 Å². The van der Waals surface area contributed by atoms with Crippen molar-refractivity contribution >= 4 is 0 Å². The average Bonchev–Trinajstić information content (AvgIpc) is 3.00. The molecule has 0 amide bonds. The lowest BCUT2D eigenvalue weighted by Crippen LogP contribution is -2.23. The fourth-order valence-corrected chi connectivity index (χ4v) is 2.39. The summed E-state index contributed by atoms with van der Waals surface area (Å²) in [6, 6.07) is 8.56. The third-order valence-electron chi connectivity index (χ3n) is 3.59. The van der Waals surface area contributed by atoms with Gasteiger partial charge >= 0.3 is 0 Å². The Morgan fingerprint density at radius 3 is 2.86 bits per heavy atom. The Balaban J connectivity index is 2.15. The number of nitrogens with zero attached hydrogens (tertiary/aromatic N) is 2. The molecule has 0 spiro atoms. The van der Waals surface area contributed by atoms with Crippen LogP contribution in [-0.4, -0.2) is 23.4 Å². The van der Waals surface area contributed by atoms with Crippen molar-refractivity contribution in [2.75, 3.05) is 13.7 Å². The molecule has 1 atom stereocenters.